The second-order valence-electron chi connectivity index (χ2n) is 7.86. The number of hydrogen-bond acceptors (Lipinski definition) is 4. The van der Waals surface area contributed by atoms with Crippen molar-refractivity contribution in [2.45, 2.75) is 33.1 Å². The number of ether oxygens (including phenoxy) is 1. The summed E-state index contributed by atoms with van der Waals surface area (Å²) in [5.41, 5.74) is 3.05. The van der Waals surface area contributed by atoms with E-state index in [0.29, 0.717) is 17.1 Å². The van der Waals surface area contributed by atoms with Crippen LogP contribution in [0, 0.1) is 18.3 Å². The molecule has 29 heavy (non-hydrogen) atoms. The van der Waals surface area contributed by atoms with E-state index in [-0.39, 0.29) is 17.9 Å². The Morgan fingerprint density at radius 1 is 1.17 bits per heavy atom. The maximum Gasteiger partial charge on any atom is 0.263 e. The van der Waals surface area contributed by atoms with Crippen molar-refractivity contribution in [2.75, 3.05) is 11.9 Å². The molecule has 0 fully saturated rings. The lowest BCUT2D eigenvalue weighted by Crippen LogP contribution is -2.22. The van der Waals surface area contributed by atoms with Crippen LogP contribution < -0.4 is 10.1 Å². The highest BCUT2D eigenvalue weighted by Gasteiger charge is 2.21. The fourth-order valence-electron chi connectivity index (χ4n) is 2.80. The molecule has 0 aliphatic heterocycles. The van der Waals surface area contributed by atoms with Gasteiger partial charge >= 0.3 is 0 Å². The van der Waals surface area contributed by atoms with E-state index < -0.39 is 0 Å². The van der Waals surface area contributed by atoms with Crippen LogP contribution in [-0.2, 0) is 10.2 Å². The molecule has 0 bridgehead atoms. The molecule has 0 spiro atoms. The maximum absolute atomic E-state index is 12.5. The minimum absolute atomic E-state index is 0.170. The number of carbonyl (C=O) groups is 1. The van der Waals surface area contributed by atoms with Gasteiger partial charge in [0.15, 0.2) is 6.61 Å². The molecule has 0 radical (unpaired) electrons. The normalized spacial score (nSPS) is 11.0. The van der Waals surface area contributed by atoms with Crippen LogP contribution in [-0.4, -0.2) is 22.3 Å². The van der Waals surface area contributed by atoms with Gasteiger partial charge in [-0.2, -0.15) is 10.4 Å². The van der Waals surface area contributed by atoms with Gasteiger partial charge in [0.2, 0.25) is 0 Å². The van der Waals surface area contributed by atoms with Gasteiger partial charge in [0.1, 0.15) is 17.6 Å². The largest absolute Gasteiger partial charge is 0.482 e. The van der Waals surface area contributed by atoms with Crippen molar-refractivity contribution in [2.24, 2.45) is 0 Å². The van der Waals surface area contributed by atoms with Crippen molar-refractivity contribution >= 4 is 11.7 Å². The van der Waals surface area contributed by atoms with Crippen molar-refractivity contribution in [3.63, 3.8) is 0 Å². The van der Waals surface area contributed by atoms with Crippen molar-refractivity contribution in [1.29, 1.82) is 5.26 Å². The van der Waals surface area contributed by atoms with E-state index in [0.717, 1.165) is 16.9 Å². The van der Waals surface area contributed by atoms with Crippen molar-refractivity contribution < 1.29 is 9.53 Å². The number of nitriles is 1. The number of anilines is 1. The summed E-state index contributed by atoms with van der Waals surface area (Å²) in [7, 11) is 0. The standard InChI is InChI=1S/C23H24N4O2/c1-16-8-7-10-18(12-16)27-21(13-20(26-27)23(2,3)4)25-22(28)15-29-19-11-6-5-9-17(19)14-24/h5-13H,15H2,1-4H3,(H,25,28). The number of rotatable bonds is 5. The molecule has 0 unspecified atom stereocenters. The van der Waals surface area contributed by atoms with Crippen LogP contribution in [0.25, 0.3) is 5.69 Å². The summed E-state index contributed by atoms with van der Waals surface area (Å²) in [5, 5.41) is 16.7. The first-order valence-corrected chi connectivity index (χ1v) is 9.37. The van der Waals surface area contributed by atoms with Gasteiger partial charge in [-0.3, -0.25) is 4.79 Å². The molecule has 0 saturated heterocycles. The molecule has 1 N–H and O–H groups in total. The zero-order valence-electron chi connectivity index (χ0n) is 17.1. The summed E-state index contributed by atoms with van der Waals surface area (Å²) in [6.07, 6.45) is 0. The van der Waals surface area contributed by atoms with Crippen molar-refractivity contribution in [1.82, 2.24) is 9.78 Å². The molecule has 2 aromatic carbocycles. The Bertz CT molecular complexity index is 1070. The Kier molecular flexibility index (Phi) is 5.69. The van der Waals surface area contributed by atoms with Gasteiger partial charge < -0.3 is 10.1 Å². The van der Waals surface area contributed by atoms with Gasteiger partial charge in [0.25, 0.3) is 5.91 Å². The highest BCUT2D eigenvalue weighted by Crippen LogP contribution is 2.26. The molecule has 6 heteroatoms. The molecule has 1 aromatic heterocycles. The Morgan fingerprint density at radius 2 is 1.93 bits per heavy atom. The molecule has 0 aliphatic carbocycles. The van der Waals surface area contributed by atoms with E-state index >= 15 is 0 Å². The average molecular weight is 388 g/mol. The van der Waals surface area contributed by atoms with Gasteiger partial charge in [0.05, 0.1) is 16.9 Å². The summed E-state index contributed by atoms with van der Waals surface area (Å²) in [4.78, 5) is 12.5. The molecule has 0 atom stereocenters. The highest BCUT2D eigenvalue weighted by molar-refractivity contribution is 5.91. The number of amides is 1. The number of hydrogen-bond donors (Lipinski definition) is 1. The Hall–Kier alpha value is -3.59. The zero-order valence-corrected chi connectivity index (χ0v) is 17.1. The third-order valence-electron chi connectivity index (χ3n) is 4.36. The molecule has 1 heterocycles. The van der Waals surface area contributed by atoms with Crippen LogP contribution in [0.1, 0.15) is 37.6 Å². The van der Waals surface area contributed by atoms with Crippen LogP contribution in [0.5, 0.6) is 5.75 Å². The fourth-order valence-corrected chi connectivity index (χ4v) is 2.80. The minimum atomic E-state index is -0.327. The number of benzene rings is 2. The van der Waals surface area contributed by atoms with E-state index in [1.54, 1.807) is 28.9 Å². The molecule has 0 aliphatic rings. The number of carbonyl (C=O) groups excluding carboxylic acids is 1. The summed E-state index contributed by atoms with van der Waals surface area (Å²) in [6.45, 7) is 8.02. The molecule has 3 rings (SSSR count). The van der Waals surface area contributed by atoms with E-state index in [1.165, 1.54) is 0 Å². The van der Waals surface area contributed by atoms with Gasteiger partial charge in [0, 0.05) is 11.5 Å². The van der Waals surface area contributed by atoms with Crippen LogP contribution >= 0.6 is 0 Å². The van der Waals surface area contributed by atoms with E-state index in [9.17, 15) is 4.79 Å². The molecule has 148 valence electrons. The third kappa shape index (κ3) is 4.82. The quantitative estimate of drug-likeness (QED) is 0.704. The second-order valence-corrected chi connectivity index (χ2v) is 7.86. The number of para-hydroxylation sites is 1. The summed E-state index contributed by atoms with van der Waals surface area (Å²) >= 11 is 0. The lowest BCUT2D eigenvalue weighted by molar-refractivity contribution is -0.118. The maximum atomic E-state index is 12.5. The number of aryl methyl sites for hydroxylation is 1. The lowest BCUT2D eigenvalue weighted by atomic mass is 9.92. The lowest BCUT2D eigenvalue weighted by Gasteiger charge is -2.14. The van der Waals surface area contributed by atoms with Gasteiger partial charge in [-0.25, -0.2) is 4.68 Å². The zero-order chi connectivity index (χ0) is 21.0. The van der Waals surface area contributed by atoms with Gasteiger partial charge in [-0.05, 0) is 36.8 Å². The Labute approximate surface area is 170 Å². The summed E-state index contributed by atoms with van der Waals surface area (Å²) in [5.74, 6) is 0.627. The third-order valence-corrected chi connectivity index (χ3v) is 4.36. The van der Waals surface area contributed by atoms with Crippen LogP contribution in [0.4, 0.5) is 5.82 Å². The molecule has 1 amide bonds. The van der Waals surface area contributed by atoms with Gasteiger partial charge in [-0.1, -0.05) is 45.0 Å². The summed E-state index contributed by atoms with van der Waals surface area (Å²) in [6, 6.07) is 18.7. The highest BCUT2D eigenvalue weighted by atomic mass is 16.5. The predicted molar refractivity (Wildman–Crippen MR) is 112 cm³/mol. The van der Waals surface area contributed by atoms with Crippen LogP contribution in [0.2, 0.25) is 0 Å². The first-order chi connectivity index (χ1) is 13.8. The second kappa shape index (κ2) is 8.19. The van der Waals surface area contributed by atoms with Crippen molar-refractivity contribution in [3.8, 4) is 17.5 Å². The topological polar surface area (TPSA) is 79.9 Å². The molecule has 6 nitrogen and oxygen atoms in total. The van der Waals surface area contributed by atoms with Crippen LogP contribution in [0.3, 0.4) is 0 Å². The Balaban J connectivity index is 1.83. The van der Waals surface area contributed by atoms with E-state index in [1.807, 2.05) is 37.3 Å². The van der Waals surface area contributed by atoms with Gasteiger partial charge in [-0.15, -0.1) is 0 Å². The van der Waals surface area contributed by atoms with Crippen LogP contribution in [0.15, 0.2) is 54.6 Å². The first kappa shape index (κ1) is 20.2. The first-order valence-electron chi connectivity index (χ1n) is 9.37. The summed E-state index contributed by atoms with van der Waals surface area (Å²) < 4.78 is 7.27. The predicted octanol–water partition coefficient (Wildman–Crippen LogP) is 4.37. The van der Waals surface area contributed by atoms with E-state index in [2.05, 4.69) is 32.2 Å². The SMILES string of the molecule is Cc1cccc(-n2nc(C(C)(C)C)cc2NC(=O)COc2ccccc2C#N)c1. The Morgan fingerprint density at radius 3 is 2.62 bits per heavy atom. The van der Waals surface area contributed by atoms with E-state index in [4.69, 9.17) is 15.1 Å². The molecular formula is C23H24N4O2. The molecule has 3 aromatic rings. The molecular weight excluding hydrogens is 364 g/mol. The average Bonchev–Trinajstić information content (AvgIpc) is 3.11. The van der Waals surface area contributed by atoms with Crippen molar-refractivity contribution in [3.05, 3.63) is 71.4 Å². The number of nitrogens with zero attached hydrogens (tertiary/aromatic N) is 3. The minimum Gasteiger partial charge on any atom is -0.482 e. The monoisotopic (exact) mass is 388 g/mol. The number of aromatic nitrogens is 2. The molecule has 0 saturated carbocycles. The fraction of sp³-hybridized carbons (Fsp3) is 0.261. The smallest absolute Gasteiger partial charge is 0.263 e. The number of nitrogens with one attached hydrogen (secondary N) is 1.